The number of fused-ring (bicyclic) bond motifs is 1. The zero-order valence-electron chi connectivity index (χ0n) is 12.7. The van der Waals surface area contributed by atoms with Crippen LogP contribution in [0.4, 0.5) is 14.5 Å². The highest BCUT2D eigenvalue weighted by Crippen LogP contribution is 2.31. The Morgan fingerprint density at radius 1 is 1.17 bits per heavy atom. The third-order valence-electron chi connectivity index (χ3n) is 3.60. The van der Waals surface area contributed by atoms with Crippen LogP contribution in [0, 0.1) is 0 Å². The zero-order valence-corrected chi connectivity index (χ0v) is 13.5. The van der Waals surface area contributed by atoms with Crippen LogP contribution in [0.5, 0.6) is 11.5 Å². The minimum Gasteiger partial charge on any atom is -0.493 e. The molecular formula is C17H16F2N2O2S. The lowest BCUT2D eigenvalue weighted by Gasteiger charge is -2.27. The van der Waals surface area contributed by atoms with Gasteiger partial charge in [0.25, 0.3) is 0 Å². The summed E-state index contributed by atoms with van der Waals surface area (Å²) < 4.78 is 34.2. The molecule has 4 nitrogen and oxygen atoms in total. The van der Waals surface area contributed by atoms with Gasteiger partial charge in [0, 0.05) is 17.7 Å². The SMILES string of the molecule is FC(F)Oc1ccc(NC(=S)NC2CCOc3ccccc32)cc1. The van der Waals surface area contributed by atoms with Crippen molar-refractivity contribution < 1.29 is 18.3 Å². The van der Waals surface area contributed by atoms with E-state index in [-0.39, 0.29) is 11.8 Å². The van der Waals surface area contributed by atoms with Crippen LogP contribution in [0.15, 0.2) is 48.5 Å². The van der Waals surface area contributed by atoms with E-state index < -0.39 is 6.61 Å². The van der Waals surface area contributed by atoms with Crippen LogP contribution in [0.2, 0.25) is 0 Å². The first-order valence-corrected chi connectivity index (χ1v) is 7.87. The Kier molecular flexibility index (Phi) is 5.10. The molecule has 1 aliphatic heterocycles. The number of ether oxygens (including phenoxy) is 2. The lowest BCUT2D eigenvalue weighted by Crippen LogP contribution is -2.35. The fraction of sp³-hybridized carbons (Fsp3) is 0.235. The molecule has 7 heteroatoms. The van der Waals surface area contributed by atoms with E-state index in [1.54, 1.807) is 12.1 Å². The maximum absolute atomic E-state index is 12.1. The number of nitrogens with one attached hydrogen (secondary N) is 2. The normalized spacial score (nSPS) is 16.0. The van der Waals surface area contributed by atoms with Crippen LogP contribution in [0.25, 0.3) is 0 Å². The summed E-state index contributed by atoms with van der Waals surface area (Å²) in [6, 6.07) is 14.1. The predicted octanol–water partition coefficient (Wildman–Crippen LogP) is 4.10. The van der Waals surface area contributed by atoms with Gasteiger partial charge < -0.3 is 20.1 Å². The third kappa shape index (κ3) is 4.11. The monoisotopic (exact) mass is 350 g/mol. The summed E-state index contributed by atoms with van der Waals surface area (Å²) in [5, 5.41) is 6.75. The number of benzene rings is 2. The number of hydrogen-bond acceptors (Lipinski definition) is 3. The van der Waals surface area contributed by atoms with Gasteiger partial charge in [-0.05, 0) is 42.5 Å². The van der Waals surface area contributed by atoms with Gasteiger partial charge in [0.2, 0.25) is 0 Å². The quantitative estimate of drug-likeness (QED) is 0.813. The minimum absolute atomic E-state index is 0.0661. The fourth-order valence-corrected chi connectivity index (χ4v) is 2.80. The molecule has 2 aromatic carbocycles. The number of anilines is 1. The highest BCUT2D eigenvalue weighted by molar-refractivity contribution is 7.80. The number of alkyl halides is 2. The summed E-state index contributed by atoms with van der Waals surface area (Å²) in [6.45, 7) is -2.21. The Morgan fingerprint density at radius 3 is 2.67 bits per heavy atom. The van der Waals surface area contributed by atoms with Crippen molar-refractivity contribution in [2.45, 2.75) is 19.1 Å². The molecule has 0 spiro atoms. The van der Waals surface area contributed by atoms with E-state index in [2.05, 4.69) is 15.4 Å². The largest absolute Gasteiger partial charge is 0.493 e. The molecule has 3 rings (SSSR count). The van der Waals surface area contributed by atoms with E-state index in [9.17, 15) is 8.78 Å². The lowest BCUT2D eigenvalue weighted by atomic mass is 10.0. The maximum atomic E-state index is 12.1. The zero-order chi connectivity index (χ0) is 16.9. The molecule has 126 valence electrons. The molecule has 0 radical (unpaired) electrons. The van der Waals surface area contributed by atoms with Crippen molar-refractivity contribution in [3.63, 3.8) is 0 Å². The summed E-state index contributed by atoms with van der Waals surface area (Å²) in [6.07, 6.45) is 0.806. The third-order valence-corrected chi connectivity index (χ3v) is 3.82. The van der Waals surface area contributed by atoms with E-state index in [0.717, 1.165) is 17.7 Å². The van der Waals surface area contributed by atoms with Gasteiger partial charge in [-0.15, -0.1) is 0 Å². The predicted molar refractivity (Wildman–Crippen MR) is 91.7 cm³/mol. The van der Waals surface area contributed by atoms with Crippen LogP contribution in [0.1, 0.15) is 18.0 Å². The van der Waals surface area contributed by atoms with Gasteiger partial charge in [-0.2, -0.15) is 8.78 Å². The average molecular weight is 350 g/mol. The van der Waals surface area contributed by atoms with Gasteiger partial charge in [0.05, 0.1) is 12.6 Å². The molecule has 0 fully saturated rings. The number of rotatable bonds is 4. The van der Waals surface area contributed by atoms with Gasteiger partial charge in [0.15, 0.2) is 5.11 Å². The Balaban J connectivity index is 1.60. The number of halogens is 2. The first-order chi connectivity index (χ1) is 11.6. The summed E-state index contributed by atoms with van der Waals surface area (Å²) in [5.41, 5.74) is 1.75. The number of para-hydroxylation sites is 1. The molecular weight excluding hydrogens is 334 g/mol. The highest BCUT2D eigenvalue weighted by atomic mass is 32.1. The molecule has 0 saturated carbocycles. The van der Waals surface area contributed by atoms with Gasteiger partial charge >= 0.3 is 6.61 Å². The molecule has 1 aliphatic rings. The summed E-state index contributed by atoms with van der Waals surface area (Å²) in [7, 11) is 0. The van der Waals surface area contributed by atoms with Crippen LogP contribution in [-0.4, -0.2) is 18.3 Å². The summed E-state index contributed by atoms with van der Waals surface area (Å²) in [5.74, 6) is 0.963. The van der Waals surface area contributed by atoms with E-state index >= 15 is 0 Å². The first kappa shape index (κ1) is 16.4. The van der Waals surface area contributed by atoms with Crippen LogP contribution in [0.3, 0.4) is 0 Å². The van der Waals surface area contributed by atoms with Gasteiger partial charge in [0.1, 0.15) is 11.5 Å². The molecule has 0 aromatic heterocycles. The summed E-state index contributed by atoms with van der Waals surface area (Å²) >= 11 is 5.33. The first-order valence-electron chi connectivity index (χ1n) is 7.46. The molecule has 0 amide bonds. The lowest BCUT2D eigenvalue weighted by molar-refractivity contribution is -0.0498. The average Bonchev–Trinajstić information content (AvgIpc) is 2.56. The Morgan fingerprint density at radius 2 is 1.92 bits per heavy atom. The topological polar surface area (TPSA) is 42.5 Å². The molecule has 1 unspecified atom stereocenters. The Bertz CT molecular complexity index is 710. The smallest absolute Gasteiger partial charge is 0.387 e. The number of thiocarbonyl (C=S) groups is 1. The Hall–Kier alpha value is -2.41. The molecule has 2 N–H and O–H groups in total. The number of hydrogen-bond donors (Lipinski definition) is 2. The van der Waals surface area contributed by atoms with Gasteiger partial charge in [-0.3, -0.25) is 0 Å². The molecule has 1 heterocycles. The van der Waals surface area contributed by atoms with Crippen molar-refractivity contribution >= 4 is 23.0 Å². The molecule has 0 saturated heterocycles. The highest BCUT2D eigenvalue weighted by Gasteiger charge is 2.21. The van der Waals surface area contributed by atoms with Crippen molar-refractivity contribution in [1.82, 2.24) is 5.32 Å². The Labute approximate surface area is 143 Å². The second-order valence-electron chi connectivity index (χ2n) is 5.23. The van der Waals surface area contributed by atoms with Crippen molar-refractivity contribution in [1.29, 1.82) is 0 Å². The molecule has 0 bridgehead atoms. The van der Waals surface area contributed by atoms with E-state index in [0.29, 0.717) is 17.4 Å². The second-order valence-corrected chi connectivity index (χ2v) is 5.64. The summed E-state index contributed by atoms with van der Waals surface area (Å²) in [4.78, 5) is 0. The van der Waals surface area contributed by atoms with E-state index in [4.69, 9.17) is 17.0 Å². The fourth-order valence-electron chi connectivity index (χ4n) is 2.54. The van der Waals surface area contributed by atoms with Crippen LogP contribution >= 0.6 is 12.2 Å². The van der Waals surface area contributed by atoms with Crippen LogP contribution < -0.4 is 20.1 Å². The van der Waals surface area contributed by atoms with E-state index in [1.165, 1.54) is 12.1 Å². The van der Waals surface area contributed by atoms with Crippen molar-refractivity contribution in [2.24, 2.45) is 0 Å². The standard InChI is InChI=1S/C17H16F2N2O2S/c18-16(19)23-12-7-5-11(6-8-12)20-17(24)21-14-9-10-22-15-4-2-1-3-13(14)15/h1-8,14,16H,9-10H2,(H2,20,21,24). The van der Waals surface area contributed by atoms with Crippen molar-refractivity contribution in [2.75, 3.05) is 11.9 Å². The molecule has 1 atom stereocenters. The molecule has 24 heavy (non-hydrogen) atoms. The van der Waals surface area contributed by atoms with Crippen molar-refractivity contribution in [3.05, 3.63) is 54.1 Å². The van der Waals surface area contributed by atoms with Gasteiger partial charge in [-0.25, -0.2) is 0 Å². The minimum atomic E-state index is -2.83. The van der Waals surface area contributed by atoms with Gasteiger partial charge in [-0.1, -0.05) is 18.2 Å². The molecule has 0 aliphatic carbocycles. The van der Waals surface area contributed by atoms with E-state index in [1.807, 2.05) is 24.3 Å². The maximum Gasteiger partial charge on any atom is 0.387 e. The van der Waals surface area contributed by atoms with Crippen LogP contribution in [-0.2, 0) is 0 Å². The van der Waals surface area contributed by atoms with Crippen molar-refractivity contribution in [3.8, 4) is 11.5 Å². The second kappa shape index (κ2) is 7.44. The molecule has 2 aromatic rings.